The number of ether oxygens (including phenoxy) is 2. The molecule has 0 aliphatic heterocycles. The van der Waals surface area contributed by atoms with Crippen LogP contribution in [0.25, 0.3) is 0 Å². The molecule has 0 atom stereocenters. The van der Waals surface area contributed by atoms with Gasteiger partial charge < -0.3 is 9.47 Å². The zero-order chi connectivity index (χ0) is 9.97. The number of halogens is 1. The number of methoxy groups -OCH3 is 1. The van der Waals surface area contributed by atoms with Gasteiger partial charge in [0.25, 0.3) is 5.88 Å². The van der Waals surface area contributed by atoms with E-state index in [1.807, 2.05) is 12.1 Å². The monoisotopic (exact) mass is 305 g/mol. The maximum atomic E-state index is 5.71. The molecule has 0 amide bonds. The fraction of sp³-hybridized carbons (Fsp3) is 0.500. The summed E-state index contributed by atoms with van der Waals surface area (Å²) < 4.78 is 11.8. The highest BCUT2D eigenvalue weighted by molar-refractivity contribution is 14.1. The van der Waals surface area contributed by atoms with Gasteiger partial charge in [-0.15, -0.1) is 0 Å². The van der Waals surface area contributed by atoms with Crippen molar-refractivity contribution < 1.29 is 9.47 Å². The topological polar surface area (TPSA) is 31.4 Å². The minimum Gasteiger partial charge on any atom is -0.491 e. The molecule has 76 valence electrons. The average molecular weight is 305 g/mol. The first kappa shape index (κ1) is 10.0. The quantitative estimate of drug-likeness (QED) is 0.635. The Morgan fingerprint density at radius 2 is 2.21 bits per heavy atom. The van der Waals surface area contributed by atoms with Gasteiger partial charge in [-0.25, -0.2) is 4.98 Å². The van der Waals surface area contributed by atoms with Gasteiger partial charge in [-0.1, -0.05) is 0 Å². The smallest absolute Gasteiger partial charge is 0.258 e. The number of nitrogens with zero attached hydrogens (tertiary/aromatic N) is 1. The third-order valence-corrected chi connectivity index (χ3v) is 2.94. The number of rotatable bonds is 3. The summed E-state index contributed by atoms with van der Waals surface area (Å²) >= 11 is 2.17. The van der Waals surface area contributed by atoms with Crippen molar-refractivity contribution in [1.29, 1.82) is 0 Å². The predicted molar refractivity (Wildman–Crippen MR) is 61.8 cm³/mol. The molecule has 3 nitrogen and oxygen atoms in total. The number of aromatic nitrogens is 1. The van der Waals surface area contributed by atoms with Crippen molar-refractivity contribution in [3.8, 4) is 11.6 Å². The van der Waals surface area contributed by atoms with Gasteiger partial charge >= 0.3 is 0 Å². The van der Waals surface area contributed by atoms with Crippen molar-refractivity contribution in [2.24, 2.45) is 0 Å². The van der Waals surface area contributed by atoms with Gasteiger partial charge in [0.2, 0.25) is 0 Å². The molecule has 2 rings (SSSR count). The standard InChI is InChI=1S/C10H12INO2/c1-13-8-5-6-9(11)12-10(8)14-7-3-2-4-7/h5-7H,2-4H2,1H3. The van der Waals surface area contributed by atoms with E-state index in [1.165, 1.54) is 6.42 Å². The summed E-state index contributed by atoms with van der Waals surface area (Å²) in [5.74, 6) is 1.35. The van der Waals surface area contributed by atoms with Gasteiger partial charge in [-0.2, -0.15) is 0 Å². The van der Waals surface area contributed by atoms with Gasteiger partial charge in [-0.3, -0.25) is 0 Å². The summed E-state index contributed by atoms with van der Waals surface area (Å²) in [5, 5.41) is 0. The van der Waals surface area contributed by atoms with E-state index in [0.29, 0.717) is 12.0 Å². The van der Waals surface area contributed by atoms with Gasteiger partial charge in [0.15, 0.2) is 5.75 Å². The van der Waals surface area contributed by atoms with E-state index >= 15 is 0 Å². The Bertz CT molecular complexity index is 326. The van der Waals surface area contributed by atoms with E-state index in [2.05, 4.69) is 27.6 Å². The summed E-state index contributed by atoms with van der Waals surface area (Å²) in [4.78, 5) is 4.31. The maximum absolute atomic E-state index is 5.71. The molecular weight excluding hydrogens is 293 g/mol. The van der Waals surface area contributed by atoms with Crippen LogP contribution in [0.2, 0.25) is 0 Å². The molecule has 0 spiro atoms. The number of pyridine rings is 1. The van der Waals surface area contributed by atoms with Crippen molar-refractivity contribution in [3.63, 3.8) is 0 Å². The van der Waals surface area contributed by atoms with Gasteiger partial charge in [0.1, 0.15) is 9.80 Å². The van der Waals surface area contributed by atoms with Crippen molar-refractivity contribution >= 4 is 22.6 Å². The van der Waals surface area contributed by atoms with Crippen LogP contribution in [-0.4, -0.2) is 18.2 Å². The second-order valence-electron chi connectivity index (χ2n) is 3.31. The van der Waals surface area contributed by atoms with Crippen molar-refractivity contribution in [1.82, 2.24) is 4.98 Å². The lowest BCUT2D eigenvalue weighted by atomic mass is 9.96. The van der Waals surface area contributed by atoms with Crippen LogP contribution in [0.5, 0.6) is 11.6 Å². The first-order chi connectivity index (χ1) is 6.79. The summed E-state index contributed by atoms with van der Waals surface area (Å²) in [5.41, 5.74) is 0. The average Bonchev–Trinajstić information content (AvgIpc) is 2.12. The highest BCUT2D eigenvalue weighted by Crippen LogP contribution is 2.30. The lowest BCUT2D eigenvalue weighted by Gasteiger charge is -2.26. The van der Waals surface area contributed by atoms with Gasteiger partial charge in [-0.05, 0) is 54.0 Å². The van der Waals surface area contributed by atoms with Crippen LogP contribution in [0.15, 0.2) is 12.1 Å². The van der Waals surface area contributed by atoms with Crippen LogP contribution in [0, 0.1) is 3.70 Å². The Morgan fingerprint density at radius 3 is 2.79 bits per heavy atom. The molecule has 0 radical (unpaired) electrons. The molecule has 1 aliphatic carbocycles. The molecule has 1 aromatic heterocycles. The molecule has 4 heteroatoms. The second-order valence-corrected chi connectivity index (χ2v) is 4.42. The van der Waals surface area contributed by atoms with E-state index in [0.717, 1.165) is 22.3 Å². The summed E-state index contributed by atoms with van der Waals surface area (Å²) in [6.45, 7) is 0. The molecule has 1 heterocycles. The van der Waals surface area contributed by atoms with Crippen LogP contribution >= 0.6 is 22.6 Å². The van der Waals surface area contributed by atoms with E-state index in [-0.39, 0.29) is 0 Å². The molecular formula is C10H12INO2. The van der Waals surface area contributed by atoms with Crippen LogP contribution in [-0.2, 0) is 0 Å². The summed E-state index contributed by atoms with van der Waals surface area (Å²) in [6, 6.07) is 3.80. The molecule has 0 saturated heterocycles. The largest absolute Gasteiger partial charge is 0.491 e. The molecule has 1 fully saturated rings. The van der Waals surface area contributed by atoms with Gasteiger partial charge in [0, 0.05) is 0 Å². The predicted octanol–water partition coefficient (Wildman–Crippen LogP) is 2.63. The first-order valence-electron chi connectivity index (χ1n) is 4.67. The van der Waals surface area contributed by atoms with Crippen molar-refractivity contribution in [3.05, 3.63) is 15.8 Å². The van der Waals surface area contributed by atoms with E-state index in [1.54, 1.807) is 7.11 Å². The van der Waals surface area contributed by atoms with Crippen LogP contribution in [0.4, 0.5) is 0 Å². The Balaban J connectivity index is 2.15. The molecule has 0 aromatic carbocycles. The molecule has 0 bridgehead atoms. The third kappa shape index (κ3) is 2.10. The van der Waals surface area contributed by atoms with Crippen molar-refractivity contribution in [2.75, 3.05) is 7.11 Å². The third-order valence-electron chi connectivity index (χ3n) is 2.34. The Morgan fingerprint density at radius 1 is 1.43 bits per heavy atom. The molecule has 0 unspecified atom stereocenters. The zero-order valence-corrected chi connectivity index (χ0v) is 10.2. The lowest BCUT2D eigenvalue weighted by molar-refractivity contribution is 0.110. The highest BCUT2D eigenvalue weighted by Gasteiger charge is 2.21. The fourth-order valence-corrected chi connectivity index (χ4v) is 1.69. The Hall–Kier alpha value is -0.520. The van der Waals surface area contributed by atoms with E-state index in [4.69, 9.17) is 9.47 Å². The zero-order valence-electron chi connectivity index (χ0n) is 8.00. The molecule has 1 aliphatic rings. The van der Waals surface area contributed by atoms with Crippen LogP contribution in [0.1, 0.15) is 19.3 Å². The minimum absolute atomic E-state index is 0.342. The normalized spacial score (nSPS) is 16.1. The molecule has 14 heavy (non-hydrogen) atoms. The minimum atomic E-state index is 0.342. The van der Waals surface area contributed by atoms with Crippen molar-refractivity contribution in [2.45, 2.75) is 25.4 Å². The Labute approximate surface area is 97.0 Å². The number of hydrogen-bond acceptors (Lipinski definition) is 3. The Kier molecular flexibility index (Phi) is 3.10. The van der Waals surface area contributed by atoms with E-state index in [9.17, 15) is 0 Å². The second kappa shape index (κ2) is 4.33. The number of hydrogen-bond donors (Lipinski definition) is 0. The highest BCUT2D eigenvalue weighted by atomic mass is 127. The summed E-state index contributed by atoms with van der Waals surface area (Å²) in [6.07, 6.45) is 3.87. The molecule has 0 N–H and O–H groups in total. The van der Waals surface area contributed by atoms with Gasteiger partial charge in [0.05, 0.1) is 7.11 Å². The van der Waals surface area contributed by atoms with Crippen LogP contribution in [0.3, 0.4) is 0 Å². The summed E-state index contributed by atoms with van der Waals surface area (Å²) in [7, 11) is 1.64. The fourth-order valence-electron chi connectivity index (χ4n) is 1.29. The molecule has 1 saturated carbocycles. The molecule has 1 aromatic rings. The van der Waals surface area contributed by atoms with E-state index < -0.39 is 0 Å². The SMILES string of the molecule is COc1ccc(I)nc1OC1CCC1. The maximum Gasteiger partial charge on any atom is 0.258 e. The van der Waals surface area contributed by atoms with Crippen LogP contribution < -0.4 is 9.47 Å². The lowest BCUT2D eigenvalue weighted by Crippen LogP contribution is -2.25. The first-order valence-corrected chi connectivity index (χ1v) is 5.74.